The van der Waals surface area contributed by atoms with Crippen LogP contribution in [0.4, 0.5) is 0 Å². The van der Waals surface area contributed by atoms with Crippen molar-refractivity contribution in [3.05, 3.63) is 73.1 Å². The maximum absolute atomic E-state index is 4.06. The molecule has 0 bridgehead atoms. The number of nitrogens with zero attached hydrogens (tertiary/aromatic N) is 4. The zero-order chi connectivity index (χ0) is 15.2. The van der Waals surface area contributed by atoms with Gasteiger partial charge in [0.2, 0.25) is 0 Å². The lowest BCUT2D eigenvalue weighted by molar-refractivity contribution is 0.793. The molecule has 0 radical (unpaired) electrons. The zero-order valence-corrected chi connectivity index (χ0v) is 12.2. The van der Waals surface area contributed by atoms with Gasteiger partial charge in [0.05, 0.1) is 5.69 Å². The molecule has 1 aromatic heterocycles. The van der Waals surface area contributed by atoms with E-state index in [9.17, 15) is 0 Å². The fourth-order valence-electron chi connectivity index (χ4n) is 3.24. The number of tetrazole rings is 1. The molecule has 4 nitrogen and oxygen atoms in total. The van der Waals surface area contributed by atoms with Gasteiger partial charge in [-0.2, -0.15) is 4.68 Å². The largest absolute Gasteiger partial charge is 0.200 e. The maximum atomic E-state index is 4.06. The number of aromatic nitrogens is 4. The first kappa shape index (κ1) is 12.3. The highest BCUT2D eigenvalue weighted by molar-refractivity contribution is 6.15. The van der Waals surface area contributed by atoms with Crippen LogP contribution in [0.2, 0.25) is 0 Å². The van der Waals surface area contributed by atoms with Crippen molar-refractivity contribution in [2.45, 2.75) is 0 Å². The van der Waals surface area contributed by atoms with Crippen LogP contribution in [0.3, 0.4) is 0 Å². The first-order chi connectivity index (χ1) is 11.4. The Balaban J connectivity index is 2.00. The molecule has 108 valence electrons. The van der Waals surface area contributed by atoms with Crippen LogP contribution in [0.5, 0.6) is 0 Å². The van der Waals surface area contributed by atoms with E-state index in [0.29, 0.717) is 0 Å². The second-order valence-electron chi connectivity index (χ2n) is 5.62. The SMILES string of the molecule is c1ccc2cc3c(ccc4cccc(-n5cnnn5)c43)cc2c1. The van der Waals surface area contributed by atoms with Crippen molar-refractivity contribution < 1.29 is 0 Å². The Morgan fingerprint density at radius 3 is 2.30 bits per heavy atom. The fourth-order valence-corrected chi connectivity index (χ4v) is 3.24. The molecule has 0 saturated carbocycles. The van der Waals surface area contributed by atoms with Crippen LogP contribution in [-0.2, 0) is 0 Å². The molecule has 5 rings (SSSR count). The van der Waals surface area contributed by atoms with Gasteiger partial charge in [-0.05, 0) is 55.6 Å². The van der Waals surface area contributed by atoms with E-state index in [1.807, 2.05) is 12.1 Å². The van der Waals surface area contributed by atoms with Crippen molar-refractivity contribution in [2.24, 2.45) is 0 Å². The van der Waals surface area contributed by atoms with Crippen molar-refractivity contribution in [3.63, 3.8) is 0 Å². The first-order valence-corrected chi connectivity index (χ1v) is 7.48. The van der Waals surface area contributed by atoms with Crippen LogP contribution in [-0.4, -0.2) is 20.2 Å². The maximum Gasteiger partial charge on any atom is 0.143 e. The van der Waals surface area contributed by atoms with E-state index in [0.717, 1.165) is 5.69 Å². The normalized spacial score (nSPS) is 11.5. The summed E-state index contributed by atoms with van der Waals surface area (Å²) in [6.07, 6.45) is 1.63. The van der Waals surface area contributed by atoms with Gasteiger partial charge in [-0.1, -0.05) is 48.5 Å². The Labute approximate surface area is 132 Å². The van der Waals surface area contributed by atoms with Gasteiger partial charge in [-0.15, -0.1) is 5.10 Å². The van der Waals surface area contributed by atoms with Crippen molar-refractivity contribution in [3.8, 4) is 5.69 Å². The third-order valence-electron chi connectivity index (χ3n) is 4.30. The molecule has 0 aliphatic carbocycles. The Hall–Kier alpha value is -3.27. The summed E-state index contributed by atoms with van der Waals surface area (Å²) in [7, 11) is 0. The van der Waals surface area contributed by atoms with Crippen LogP contribution in [0.25, 0.3) is 38.0 Å². The Kier molecular flexibility index (Phi) is 2.46. The van der Waals surface area contributed by atoms with Crippen molar-refractivity contribution >= 4 is 32.3 Å². The molecule has 4 aromatic carbocycles. The molecule has 0 aliphatic rings. The molecule has 5 aromatic rings. The summed E-state index contributed by atoms with van der Waals surface area (Å²) in [5.74, 6) is 0. The monoisotopic (exact) mass is 296 g/mol. The highest BCUT2D eigenvalue weighted by Crippen LogP contribution is 2.32. The van der Waals surface area contributed by atoms with Gasteiger partial charge in [0.1, 0.15) is 6.33 Å². The van der Waals surface area contributed by atoms with Crippen molar-refractivity contribution in [2.75, 3.05) is 0 Å². The zero-order valence-electron chi connectivity index (χ0n) is 12.2. The molecule has 0 fully saturated rings. The summed E-state index contributed by atoms with van der Waals surface area (Å²) < 4.78 is 1.72. The van der Waals surface area contributed by atoms with Gasteiger partial charge in [-0.3, -0.25) is 0 Å². The van der Waals surface area contributed by atoms with Crippen LogP contribution in [0, 0.1) is 0 Å². The third-order valence-corrected chi connectivity index (χ3v) is 4.30. The van der Waals surface area contributed by atoms with Gasteiger partial charge in [0.15, 0.2) is 0 Å². The van der Waals surface area contributed by atoms with E-state index in [-0.39, 0.29) is 0 Å². The molecule has 1 heterocycles. The minimum Gasteiger partial charge on any atom is -0.200 e. The molecule has 0 aliphatic heterocycles. The first-order valence-electron chi connectivity index (χ1n) is 7.48. The number of benzene rings is 4. The lowest BCUT2D eigenvalue weighted by Crippen LogP contribution is -1.96. The van der Waals surface area contributed by atoms with E-state index < -0.39 is 0 Å². The molecular weight excluding hydrogens is 284 g/mol. The van der Waals surface area contributed by atoms with Crippen molar-refractivity contribution in [1.82, 2.24) is 20.2 Å². The highest BCUT2D eigenvalue weighted by Gasteiger charge is 2.09. The molecule has 0 saturated heterocycles. The molecule has 0 amide bonds. The predicted molar refractivity (Wildman–Crippen MR) is 91.7 cm³/mol. The second kappa shape index (κ2) is 4.61. The highest BCUT2D eigenvalue weighted by atomic mass is 15.5. The Bertz CT molecular complexity index is 1160. The Morgan fingerprint density at radius 2 is 1.48 bits per heavy atom. The standard InChI is InChI=1S/C19H12N4/c1-2-5-15-11-17-16(10-14(15)4-1)9-8-13-6-3-7-18(19(13)17)23-12-20-21-22-23/h1-12H. The van der Waals surface area contributed by atoms with Crippen LogP contribution in [0.1, 0.15) is 0 Å². The minimum atomic E-state index is 0.994. The lowest BCUT2D eigenvalue weighted by Gasteiger charge is -2.10. The van der Waals surface area contributed by atoms with Gasteiger partial charge in [-0.25, -0.2) is 0 Å². The van der Waals surface area contributed by atoms with Crippen LogP contribution in [0.15, 0.2) is 73.1 Å². The molecule has 0 spiro atoms. The van der Waals surface area contributed by atoms with Gasteiger partial charge >= 0.3 is 0 Å². The van der Waals surface area contributed by atoms with E-state index in [2.05, 4.69) is 70.1 Å². The second-order valence-corrected chi connectivity index (χ2v) is 5.62. The Morgan fingerprint density at radius 1 is 0.696 bits per heavy atom. The van der Waals surface area contributed by atoms with Gasteiger partial charge < -0.3 is 0 Å². The summed E-state index contributed by atoms with van der Waals surface area (Å²) in [6, 6.07) is 23.5. The van der Waals surface area contributed by atoms with E-state index >= 15 is 0 Å². The number of hydrogen-bond acceptors (Lipinski definition) is 3. The quantitative estimate of drug-likeness (QED) is 0.345. The lowest BCUT2D eigenvalue weighted by atomic mass is 9.97. The van der Waals surface area contributed by atoms with E-state index in [4.69, 9.17) is 0 Å². The minimum absolute atomic E-state index is 0.994. The molecular formula is C19H12N4. The summed E-state index contributed by atoms with van der Waals surface area (Å²) in [6.45, 7) is 0. The van der Waals surface area contributed by atoms with Crippen LogP contribution < -0.4 is 0 Å². The third kappa shape index (κ3) is 1.82. The van der Waals surface area contributed by atoms with Crippen molar-refractivity contribution in [1.29, 1.82) is 0 Å². The predicted octanol–water partition coefficient (Wildman–Crippen LogP) is 4.12. The molecule has 23 heavy (non-hydrogen) atoms. The summed E-state index contributed by atoms with van der Waals surface area (Å²) >= 11 is 0. The van der Waals surface area contributed by atoms with Gasteiger partial charge in [0.25, 0.3) is 0 Å². The molecule has 0 N–H and O–H groups in total. The average Bonchev–Trinajstić information content (AvgIpc) is 3.14. The summed E-state index contributed by atoms with van der Waals surface area (Å²) in [4.78, 5) is 0. The number of rotatable bonds is 1. The summed E-state index contributed by atoms with van der Waals surface area (Å²) in [5.41, 5.74) is 0.994. The number of hydrogen-bond donors (Lipinski definition) is 0. The van der Waals surface area contributed by atoms with Gasteiger partial charge in [0, 0.05) is 5.39 Å². The average molecular weight is 296 g/mol. The summed E-state index contributed by atoms with van der Waals surface area (Å²) in [5, 5.41) is 18.9. The smallest absolute Gasteiger partial charge is 0.143 e. The molecule has 0 unspecified atom stereocenters. The number of fused-ring (bicyclic) bond motifs is 4. The van der Waals surface area contributed by atoms with E-state index in [1.54, 1.807) is 11.0 Å². The molecule has 0 atom stereocenters. The van der Waals surface area contributed by atoms with E-state index in [1.165, 1.54) is 32.3 Å². The fraction of sp³-hybridized carbons (Fsp3) is 0. The van der Waals surface area contributed by atoms with Crippen LogP contribution >= 0.6 is 0 Å². The molecule has 4 heteroatoms. The topological polar surface area (TPSA) is 43.6 Å².